The van der Waals surface area contributed by atoms with Gasteiger partial charge in [0.05, 0.1) is 10.6 Å². The van der Waals surface area contributed by atoms with E-state index in [0.717, 1.165) is 25.7 Å². The highest BCUT2D eigenvalue weighted by Gasteiger charge is 2.31. The molecule has 1 aromatic carbocycles. The summed E-state index contributed by atoms with van der Waals surface area (Å²) in [7, 11) is 0. The normalized spacial score (nSPS) is 15.9. The van der Waals surface area contributed by atoms with E-state index in [-0.39, 0.29) is 22.8 Å². The van der Waals surface area contributed by atoms with E-state index < -0.39 is 6.04 Å². The molecule has 0 spiro atoms. The van der Waals surface area contributed by atoms with Crippen LogP contribution in [0.2, 0.25) is 5.02 Å². The van der Waals surface area contributed by atoms with Crippen molar-refractivity contribution >= 4 is 29.1 Å². The van der Waals surface area contributed by atoms with E-state index >= 15 is 0 Å². The van der Waals surface area contributed by atoms with Gasteiger partial charge in [-0.15, -0.1) is 0 Å². The Morgan fingerprint density at radius 1 is 1.36 bits per heavy atom. The number of hydrogen-bond acceptors (Lipinski definition) is 3. The summed E-state index contributed by atoms with van der Waals surface area (Å²) < 4.78 is 0. The SMILES string of the molecule is CC(=O)NC(C(=O)Nc1ccc(C#N)c(Cl)c1)C1CCCC1. The fourth-order valence-electron chi connectivity index (χ4n) is 2.81. The summed E-state index contributed by atoms with van der Waals surface area (Å²) >= 11 is 5.96. The molecule has 0 bridgehead atoms. The number of anilines is 1. The quantitative estimate of drug-likeness (QED) is 0.895. The molecule has 5 nitrogen and oxygen atoms in total. The monoisotopic (exact) mass is 319 g/mol. The standard InChI is InChI=1S/C16H18ClN3O2/c1-10(21)19-15(11-4-2-3-5-11)16(22)20-13-7-6-12(9-18)14(17)8-13/h6-8,11,15H,2-5H2,1H3,(H,19,21)(H,20,22). The number of carbonyl (C=O) groups excluding carboxylic acids is 2. The number of carbonyl (C=O) groups is 2. The van der Waals surface area contributed by atoms with Crippen LogP contribution in [0.4, 0.5) is 5.69 Å². The highest BCUT2D eigenvalue weighted by atomic mass is 35.5. The van der Waals surface area contributed by atoms with Crippen LogP contribution in [0.5, 0.6) is 0 Å². The molecule has 1 unspecified atom stereocenters. The third kappa shape index (κ3) is 3.99. The van der Waals surface area contributed by atoms with Gasteiger partial charge in [-0.3, -0.25) is 9.59 Å². The van der Waals surface area contributed by atoms with Gasteiger partial charge >= 0.3 is 0 Å². The van der Waals surface area contributed by atoms with Crippen LogP contribution in [0.25, 0.3) is 0 Å². The van der Waals surface area contributed by atoms with Crippen LogP contribution in [0.3, 0.4) is 0 Å². The van der Waals surface area contributed by atoms with Crippen LogP contribution in [0.15, 0.2) is 18.2 Å². The van der Waals surface area contributed by atoms with Crippen LogP contribution in [-0.2, 0) is 9.59 Å². The molecule has 0 saturated heterocycles. The molecule has 0 aliphatic heterocycles. The maximum Gasteiger partial charge on any atom is 0.247 e. The van der Waals surface area contributed by atoms with Crippen molar-refractivity contribution in [2.24, 2.45) is 5.92 Å². The van der Waals surface area contributed by atoms with E-state index in [1.165, 1.54) is 13.0 Å². The zero-order valence-electron chi connectivity index (χ0n) is 12.4. The number of rotatable bonds is 4. The number of nitrogens with zero attached hydrogens (tertiary/aromatic N) is 1. The van der Waals surface area contributed by atoms with Crippen molar-refractivity contribution < 1.29 is 9.59 Å². The van der Waals surface area contributed by atoms with Crippen LogP contribution >= 0.6 is 11.6 Å². The Morgan fingerprint density at radius 3 is 2.59 bits per heavy atom. The molecule has 1 fully saturated rings. The first-order chi connectivity index (χ1) is 10.5. The Morgan fingerprint density at radius 2 is 2.05 bits per heavy atom. The third-order valence-electron chi connectivity index (χ3n) is 3.87. The Balaban J connectivity index is 2.11. The van der Waals surface area contributed by atoms with Crippen molar-refractivity contribution in [3.63, 3.8) is 0 Å². The highest BCUT2D eigenvalue weighted by Crippen LogP contribution is 2.29. The predicted molar refractivity (Wildman–Crippen MR) is 84.4 cm³/mol. The first-order valence-electron chi connectivity index (χ1n) is 7.29. The summed E-state index contributed by atoms with van der Waals surface area (Å²) in [4.78, 5) is 23.8. The lowest BCUT2D eigenvalue weighted by atomic mass is 9.97. The summed E-state index contributed by atoms with van der Waals surface area (Å²) in [5.41, 5.74) is 0.871. The van der Waals surface area contributed by atoms with Crippen LogP contribution in [-0.4, -0.2) is 17.9 Å². The molecular weight excluding hydrogens is 302 g/mol. The topological polar surface area (TPSA) is 82.0 Å². The second kappa shape index (κ2) is 7.28. The van der Waals surface area contributed by atoms with Gasteiger partial charge < -0.3 is 10.6 Å². The Kier molecular flexibility index (Phi) is 5.40. The van der Waals surface area contributed by atoms with Crippen LogP contribution in [0, 0.1) is 17.2 Å². The first kappa shape index (κ1) is 16.3. The summed E-state index contributed by atoms with van der Waals surface area (Å²) in [6, 6.07) is 6.16. The number of benzene rings is 1. The lowest BCUT2D eigenvalue weighted by molar-refractivity contribution is -0.126. The van der Waals surface area contributed by atoms with Crippen molar-refractivity contribution in [3.05, 3.63) is 28.8 Å². The first-order valence-corrected chi connectivity index (χ1v) is 7.66. The van der Waals surface area contributed by atoms with Gasteiger partial charge in [0, 0.05) is 12.6 Å². The molecule has 1 aliphatic carbocycles. The zero-order chi connectivity index (χ0) is 16.1. The van der Waals surface area contributed by atoms with Gasteiger partial charge in [-0.2, -0.15) is 5.26 Å². The van der Waals surface area contributed by atoms with Gasteiger partial charge in [0.2, 0.25) is 11.8 Å². The molecule has 0 aromatic heterocycles. The number of nitriles is 1. The van der Waals surface area contributed by atoms with E-state index in [1.54, 1.807) is 12.1 Å². The second-order valence-electron chi connectivity index (χ2n) is 5.52. The number of halogens is 1. The predicted octanol–water partition coefficient (Wildman–Crippen LogP) is 2.85. The summed E-state index contributed by atoms with van der Waals surface area (Å²) in [5, 5.41) is 14.7. The molecule has 2 amide bonds. The van der Waals surface area contributed by atoms with Gasteiger partial charge in [0.1, 0.15) is 12.1 Å². The maximum absolute atomic E-state index is 12.5. The molecule has 6 heteroatoms. The smallest absolute Gasteiger partial charge is 0.247 e. The molecule has 116 valence electrons. The number of nitrogens with one attached hydrogen (secondary N) is 2. The third-order valence-corrected chi connectivity index (χ3v) is 4.18. The maximum atomic E-state index is 12.5. The van der Waals surface area contributed by atoms with Gasteiger partial charge in [-0.05, 0) is 37.0 Å². The van der Waals surface area contributed by atoms with Crippen molar-refractivity contribution in [3.8, 4) is 6.07 Å². The van der Waals surface area contributed by atoms with E-state index in [2.05, 4.69) is 10.6 Å². The fraction of sp³-hybridized carbons (Fsp3) is 0.438. The van der Waals surface area contributed by atoms with E-state index in [9.17, 15) is 9.59 Å². The van der Waals surface area contributed by atoms with E-state index in [1.807, 2.05) is 6.07 Å². The second-order valence-corrected chi connectivity index (χ2v) is 5.93. The van der Waals surface area contributed by atoms with Crippen molar-refractivity contribution in [2.45, 2.75) is 38.6 Å². The van der Waals surface area contributed by atoms with E-state index in [0.29, 0.717) is 11.3 Å². The summed E-state index contributed by atoms with van der Waals surface area (Å²) in [6.07, 6.45) is 4.03. The molecule has 1 aliphatic rings. The van der Waals surface area contributed by atoms with Crippen molar-refractivity contribution in [2.75, 3.05) is 5.32 Å². The minimum atomic E-state index is -0.533. The largest absolute Gasteiger partial charge is 0.344 e. The Bertz CT molecular complexity index is 618. The Hall–Kier alpha value is -2.06. The zero-order valence-corrected chi connectivity index (χ0v) is 13.1. The number of amides is 2. The van der Waals surface area contributed by atoms with Crippen molar-refractivity contribution in [1.29, 1.82) is 5.26 Å². The molecule has 22 heavy (non-hydrogen) atoms. The van der Waals surface area contributed by atoms with Crippen LogP contribution in [0.1, 0.15) is 38.2 Å². The van der Waals surface area contributed by atoms with Gasteiger partial charge in [-0.1, -0.05) is 24.4 Å². The van der Waals surface area contributed by atoms with Gasteiger partial charge in [0.25, 0.3) is 0 Å². The lowest BCUT2D eigenvalue weighted by Crippen LogP contribution is -2.47. The number of hydrogen-bond donors (Lipinski definition) is 2. The minimum absolute atomic E-state index is 0.165. The molecule has 1 saturated carbocycles. The Labute approximate surface area is 134 Å². The highest BCUT2D eigenvalue weighted by molar-refractivity contribution is 6.32. The summed E-state index contributed by atoms with van der Waals surface area (Å²) in [6.45, 7) is 1.41. The van der Waals surface area contributed by atoms with Crippen molar-refractivity contribution in [1.82, 2.24) is 5.32 Å². The van der Waals surface area contributed by atoms with Crippen LogP contribution < -0.4 is 10.6 Å². The lowest BCUT2D eigenvalue weighted by Gasteiger charge is -2.23. The molecule has 0 heterocycles. The molecular formula is C16H18ClN3O2. The van der Waals surface area contributed by atoms with E-state index in [4.69, 9.17) is 16.9 Å². The van der Waals surface area contributed by atoms with Gasteiger partial charge in [-0.25, -0.2) is 0 Å². The molecule has 1 atom stereocenters. The molecule has 0 radical (unpaired) electrons. The average molecular weight is 320 g/mol. The molecule has 2 rings (SSSR count). The van der Waals surface area contributed by atoms with Gasteiger partial charge in [0.15, 0.2) is 0 Å². The minimum Gasteiger partial charge on any atom is -0.344 e. The molecule has 2 N–H and O–H groups in total. The average Bonchev–Trinajstić information content (AvgIpc) is 2.98. The fourth-order valence-corrected chi connectivity index (χ4v) is 3.03. The molecule has 1 aromatic rings. The summed E-state index contributed by atoms with van der Waals surface area (Å²) in [5.74, 6) is -0.300.